The number of hydrogen-bond acceptors (Lipinski definition) is 3. The highest BCUT2D eigenvalue weighted by Gasteiger charge is 2.42. The number of aromatic amines is 1. The lowest BCUT2D eigenvalue weighted by Gasteiger charge is -2.33. The summed E-state index contributed by atoms with van der Waals surface area (Å²) in [6.07, 6.45) is 2.46. The minimum absolute atomic E-state index is 0.0420. The first-order chi connectivity index (χ1) is 16.1. The number of ether oxygens (including phenoxy) is 1. The quantitative estimate of drug-likeness (QED) is 0.638. The van der Waals surface area contributed by atoms with Gasteiger partial charge in [0.1, 0.15) is 17.3 Å². The molecule has 1 N–H and O–H groups in total. The highest BCUT2D eigenvalue weighted by atomic mass is 19.1. The van der Waals surface area contributed by atoms with E-state index < -0.39 is 11.6 Å². The number of aromatic nitrogens is 1. The van der Waals surface area contributed by atoms with Crippen LogP contribution in [0.1, 0.15) is 46.8 Å². The number of para-hydroxylation sites is 1. The largest absolute Gasteiger partial charge is 0.374 e. The SMILES string of the molecule is O=C(c1[nH]c2ccccc2c1CN1CCC(c2c(F)cccc2F)CC1)N1CC2CC1CO2. The first kappa shape index (κ1) is 20.8. The van der Waals surface area contributed by atoms with E-state index >= 15 is 0 Å². The smallest absolute Gasteiger partial charge is 0.271 e. The van der Waals surface area contributed by atoms with Crippen molar-refractivity contribution in [1.82, 2.24) is 14.8 Å². The van der Waals surface area contributed by atoms with Crippen LogP contribution in [-0.4, -0.2) is 59.1 Å². The molecule has 3 aromatic rings. The van der Waals surface area contributed by atoms with E-state index in [1.54, 1.807) is 0 Å². The molecular formula is C26H27F2N3O2. The van der Waals surface area contributed by atoms with Crippen molar-refractivity contribution >= 4 is 16.8 Å². The first-order valence-corrected chi connectivity index (χ1v) is 11.8. The number of H-pyrrole nitrogens is 1. The summed E-state index contributed by atoms with van der Waals surface area (Å²) in [7, 11) is 0. The monoisotopic (exact) mass is 451 g/mol. The van der Waals surface area contributed by atoms with E-state index in [0.717, 1.165) is 36.0 Å². The summed E-state index contributed by atoms with van der Waals surface area (Å²) in [5, 5.41) is 1.06. The molecule has 0 spiro atoms. The molecule has 3 aliphatic rings. The third-order valence-electron chi connectivity index (χ3n) is 7.57. The van der Waals surface area contributed by atoms with Crippen LogP contribution in [0.2, 0.25) is 0 Å². The van der Waals surface area contributed by atoms with Crippen molar-refractivity contribution < 1.29 is 18.3 Å². The van der Waals surface area contributed by atoms with Gasteiger partial charge in [-0.05, 0) is 56.5 Å². The molecular weight excluding hydrogens is 424 g/mol. The molecule has 1 aromatic heterocycles. The minimum atomic E-state index is -0.457. The Labute approximate surface area is 191 Å². The van der Waals surface area contributed by atoms with E-state index in [1.807, 2.05) is 23.1 Å². The molecule has 5 nitrogen and oxygen atoms in total. The van der Waals surface area contributed by atoms with Gasteiger partial charge < -0.3 is 14.6 Å². The Hall–Kier alpha value is -2.77. The van der Waals surface area contributed by atoms with Crippen LogP contribution in [0, 0.1) is 11.6 Å². The van der Waals surface area contributed by atoms with Crippen LogP contribution in [0.15, 0.2) is 42.5 Å². The van der Waals surface area contributed by atoms with E-state index in [4.69, 9.17) is 4.74 Å². The second-order valence-electron chi connectivity index (χ2n) is 9.51. The van der Waals surface area contributed by atoms with Crippen LogP contribution in [-0.2, 0) is 11.3 Å². The average molecular weight is 452 g/mol. The standard InChI is InChI=1S/C26H27F2N3O2/c27-21-5-3-6-22(28)24(21)16-8-10-30(11-9-16)14-20-19-4-1-2-7-23(19)29-25(20)26(32)31-13-18-12-17(31)15-33-18/h1-7,16-18,29H,8-15H2. The van der Waals surface area contributed by atoms with Gasteiger partial charge in [-0.1, -0.05) is 24.3 Å². The van der Waals surface area contributed by atoms with Gasteiger partial charge in [0.2, 0.25) is 0 Å². The van der Waals surface area contributed by atoms with Crippen molar-refractivity contribution in [2.75, 3.05) is 26.2 Å². The first-order valence-electron chi connectivity index (χ1n) is 11.8. The Morgan fingerprint density at radius 2 is 1.82 bits per heavy atom. The third kappa shape index (κ3) is 3.63. The van der Waals surface area contributed by atoms with Crippen LogP contribution in [0.5, 0.6) is 0 Å². The summed E-state index contributed by atoms with van der Waals surface area (Å²) in [5.74, 6) is -0.990. The molecule has 4 heterocycles. The number of hydrogen-bond donors (Lipinski definition) is 1. The van der Waals surface area contributed by atoms with Crippen molar-refractivity contribution in [3.63, 3.8) is 0 Å². The molecule has 7 heteroatoms. The number of benzene rings is 2. The summed E-state index contributed by atoms with van der Waals surface area (Å²) in [4.78, 5) is 21.1. The number of halogens is 2. The molecule has 3 fully saturated rings. The Kier molecular flexibility index (Phi) is 5.18. The fraction of sp³-hybridized carbons (Fsp3) is 0.423. The molecule has 2 atom stereocenters. The molecule has 6 rings (SSSR count). The summed E-state index contributed by atoms with van der Waals surface area (Å²) in [6.45, 7) is 3.36. The van der Waals surface area contributed by atoms with Crippen LogP contribution in [0.4, 0.5) is 8.78 Å². The van der Waals surface area contributed by atoms with Gasteiger partial charge in [0.05, 0.1) is 18.8 Å². The summed E-state index contributed by atoms with van der Waals surface area (Å²) in [5.41, 5.74) is 2.84. The molecule has 1 amide bonds. The number of nitrogens with one attached hydrogen (secondary N) is 1. The van der Waals surface area contributed by atoms with Gasteiger partial charge >= 0.3 is 0 Å². The van der Waals surface area contributed by atoms with Crippen molar-refractivity contribution in [3.05, 3.63) is 70.9 Å². The van der Waals surface area contributed by atoms with Gasteiger partial charge in [0.25, 0.3) is 5.91 Å². The lowest BCUT2D eigenvalue weighted by Crippen LogP contribution is -2.42. The number of morpholine rings is 1. The molecule has 0 aliphatic carbocycles. The topological polar surface area (TPSA) is 48.6 Å². The molecule has 3 saturated heterocycles. The Morgan fingerprint density at radius 3 is 2.52 bits per heavy atom. The summed E-state index contributed by atoms with van der Waals surface area (Å²) >= 11 is 0. The Morgan fingerprint density at radius 1 is 1.06 bits per heavy atom. The van der Waals surface area contributed by atoms with Gasteiger partial charge in [-0.25, -0.2) is 8.78 Å². The summed E-state index contributed by atoms with van der Waals surface area (Å²) in [6, 6.07) is 12.3. The zero-order valence-electron chi connectivity index (χ0n) is 18.4. The molecule has 0 saturated carbocycles. The number of piperidine rings is 1. The predicted molar refractivity (Wildman–Crippen MR) is 121 cm³/mol. The number of likely N-dealkylation sites (tertiary alicyclic amines) is 2. The van der Waals surface area contributed by atoms with Crippen molar-refractivity contribution in [2.24, 2.45) is 0 Å². The Balaban J connectivity index is 1.23. The lowest BCUT2D eigenvalue weighted by molar-refractivity contribution is 0.0255. The van der Waals surface area contributed by atoms with E-state index in [-0.39, 0.29) is 29.5 Å². The van der Waals surface area contributed by atoms with Gasteiger partial charge in [0, 0.05) is 35.1 Å². The maximum atomic E-state index is 14.3. The summed E-state index contributed by atoms with van der Waals surface area (Å²) < 4.78 is 34.2. The number of carbonyl (C=O) groups excluding carboxylic acids is 1. The molecule has 2 unspecified atom stereocenters. The lowest BCUT2D eigenvalue weighted by atomic mass is 9.88. The maximum absolute atomic E-state index is 14.3. The van der Waals surface area contributed by atoms with E-state index in [2.05, 4.69) is 16.0 Å². The highest BCUT2D eigenvalue weighted by molar-refractivity contribution is 6.01. The minimum Gasteiger partial charge on any atom is -0.374 e. The number of fused-ring (bicyclic) bond motifs is 3. The molecule has 3 aliphatic heterocycles. The molecule has 33 heavy (non-hydrogen) atoms. The fourth-order valence-electron chi connectivity index (χ4n) is 5.84. The number of carbonyl (C=O) groups is 1. The average Bonchev–Trinajstić information content (AvgIpc) is 3.55. The second kappa shape index (κ2) is 8.22. The molecule has 2 bridgehead atoms. The normalized spacial score (nSPS) is 23.6. The number of amides is 1. The highest BCUT2D eigenvalue weighted by Crippen LogP contribution is 2.35. The zero-order valence-corrected chi connectivity index (χ0v) is 18.4. The van der Waals surface area contributed by atoms with Gasteiger partial charge in [-0.3, -0.25) is 9.69 Å². The van der Waals surface area contributed by atoms with Crippen molar-refractivity contribution in [2.45, 2.75) is 43.9 Å². The molecule has 2 aromatic carbocycles. The number of nitrogens with zero attached hydrogens (tertiary/aromatic N) is 2. The number of rotatable bonds is 4. The van der Waals surface area contributed by atoms with Crippen LogP contribution >= 0.6 is 0 Å². The van der Waals surface area contributed by atoms with E-state index in [1.165, 1.54) is 18.2 Å². The van der Waals surface area contributed by atoms with E-state index in [0.29, 0.717) is 38.2 Å². The molecule has 0 radical (unpaired) electrons. The fourth-order valence-corrected chi connectivity index (χ4v) is 5.84. The second-order valence-corrected chi connectivity index (χ2v) is 9.51. The zero-order chi connectivity index (χ0) is 22.5. The third-order valence-corrected chi connectivity index (χ3v) is 7.57. The van der Waals surface area contributed by atoms with Gasteiger partial charge in [-0.15, -0.1) is 0 Å². The van der Waals surface area contributed by atoms with Crippen LogP contribution in [0.25, 0.3) is 10.9 Å². The van der Waals surface area contributed by atoms with Crippen LogP contribution in [0.3, 0.4) is 0 Å². The predicted octanol–water partition coefficient (Wildman–Crippen LogP) is 4.44. The van der Waals surface area contributed by atoms with Crippen LogP contribution < -0.4 is 0 Å². The van der Waals surface area contributed by atoms with Gasteiger partial charge in [0.15, 0.2) is 0 Å². The Bertz CT molecular complexity index is 1180. The van der Waals surface area contributed by atoms with Crippen molar-refractivity contribution in [1.29, 1.82) is 0 Å². The van der Waals surface area contributed by atoms with Gasteiger partial charge in [-0.2, -0.15) is 0 Å². The van der Waals surface area contributed by atoms with Crippen molar-refractivity contribution in [3.8, 4) is 0 Å². The maximum Gasteiger partial charge on any atom is 0.271 e. The van der Waals surface area contributed by atoms with E-state index in [9.17, 15) is 13.6 Å². The molecule has 172 valence electrons.